The Morgan fingerprint density at radius 1 is 1.32 bits per heavy atom. The highest BCUT2D eigenvalue weighted by molar-refractivity contribution is 6.32. The third-order valence-electron chi connectivity index (χ3n) is 3.78. The van der Waals surface area contributed by atoms with Crippen molar-refractivity contribution in [2.75, 3.05) is 13.2 Å². The fourth-order valence-electron chi connectivity index (χ4n) is 2.54. The van der Waals surface area contributed by atoms with Gasteiger partial charge in [0, 0.05) is 23.7 Å². The van der Waals surface area contributed by atoms with E-state index in [9.17, 15) is 14.0 Å². The van der Waals surface area contributed by atoms with Gasteiger partial charge < -0.3 is 10.4 Å². The van der Waals surface area contributed by atoms with E-state index in [-0.39, 0.29) is 18.2 Å². The first-order valence-electron chi connectivity index (χ1n) is 7.10. The molecule has 0 aliphatic carbocycles. The molecule has 120 valence electrons. The molecule has 1 heterocycles. The fourth-order valence-corrected chi connectivity index (χ4v) is 2.89. The maximum atomic E-state index is 13.2. The minimum absolute atomic E-state index is 0.0864. The van der Waals surface area contributed by atoms with Crippen molar-refractivity contribution in [1.29, 1.82) is 0 Å². The standard InChI is InChI=1S/C15H18ClFN2O3/c1-15(11-6-5-10(17)9-12(11)16)13(21)19(14(22)18-15)7-3-2-4-8-20/h5-6,9,20H,2-4,7-8H2,1H3,(H,18,22). The second-order valence-corrected chi connectivity index (χ2v) is 5.83. The summed E-state index contributed by atoms with van der Waals surface area (Å²) in [6.45, 7) is 1.92. The molecule has 1 aromatic carbocycles. The number of urea groups is 1. The number of nitrogens with zero attached hydrogens (tertiary/aromatic N) is 1. The first kappa shape index (κ1) is 16.7. The summed E-state index contributed by atoms with van der Waals surface area (Å²) in [4.78, 5) is 25.8. The number of carbonyl (C=O) groups excluding carboxylic acids is 2. The molecule has 0 bridgehead atoms. The van der Waals surface area contributed by atoms with E-state index >= 15 is 0 Å². The van der Waals surface area contributed by atoms with E-state index in [4.69, 9.17) is 16.7 Å². The number of benzene rings is 1. The summed E-state index contributed by atoms with van der Waals surface area (Å²) in [6, 6.07) is 3.24. The highest BCUT2D eigenvalue weighted by Crippen LogP contribution is 2.34. The lowest BCUT2D eigenvalue weighted by Gasteiger charge is -2.23. The van der Waals surface area contributed by atoms with Crippen LogP contribution in [-0.4, -0.2) is 35.1 Å². The molecule has 7 heteroatoms. The van der Waals surface area contributed by atoms with Crippen LogP contribution in [0.4, 0.5) is 9.18 Å². The first-order chi connectivity index (χ1) is 10.4. The predicted octanol–water partition coefficient (Wildman–Crippen LogP) is 2.41. The molecule has 1 unspecified atom stereocenters. The summed E-state index contributed by atoms with van der Waals surface area (Å²) in [5, 5.41) is 11.5. The Morgan fingerprint density at radius 3 is 2.68 bits per heavy atom. The maximum absolute atomic E-state index is 13.2. The number of aliphatic hydroxyl groups is 1. The SMILES string of the molecule is CC1(c2ccc(F)cc2Cl)NC(=O)N(CCCCCO)C1=O. The predicted molar refractivity (Wildman–Crippen MR) is 79.9 cm³/mol. The Labute approximate surface area is 133 Å². The van der Waals surface area contributed by atoms with Crippen molar-refractivity contribution < 1.29 is 19.1 Å². The molecule has 22 heavy (non-hydrogen) atoms. The van der Waals surface area contributed by atoms with Crippen LogP contribution >= 0.6 is 11.6 Å². The van der Waals surface area contributed by atoms with Crippen molar-refractivity contribution in [3.63, 3.8) is 0 Å². The van der Waals surface area contributed by atoms with Gasteiger partial charge in [-0.25, -0.2) is 9.18 Å². The zero-order valence-electron chi connectivity index (χ0n) is 12.2. The van der Waals surface area contributed by atoms with Crippen molar-refractivity contribution in [1.82, 2.24) is 10.2 Å². The van der Waals surface area contributed by atoms with E-state index in [2.05, 4.69) is 5.32 Å². The van der Waals surface area contributed by atoms with Crippen molar-refractivity contribution in [2.45, 2.75) is 31.7 Å². The number of unbranched alkanes of at least 4 members (excludes halogenated alkanes) is 2. The van der Waals surface area contributed by atoms with Crippen LogP contribution in [0.3, 0.4) is 0 Å². The van der Waals surface area contributed by atoms with Crippen molar-refractivity contribution in [2.24, 2.45) is 0 Å². The van der Waals surface area contributed by atoms with Gasteiger partial charge in [-0.3, -0.25) is 9.69 Å². The van der Waals surface area contributed by atoms with Gasteiger partial charge in [-0.1, -0.05) is 17.7 Å². The second kappa shape index (κ2) is 6.62. The quantitative estimate of drug-likeness (QED) is 0.622. The monoisotopic (exact) mass is 328 g/mol. The van der Waals surface area contributed by atoms with Crippen LogP contribution in [0.1, 0.15) is 31.7 Å². The lowest BCUT2D eigenvalue weighted by atomic mass is 9.92. The Morgan fingerprint density at radius 2 is 2.05 bits per heavy atom. The average molecular weight is 329 g/mol. The van der Waals surface area contributed by atoms with E-state index in [1.807, 2.05) is 0 Å². The molecule has 1 fully saturated rings. The molecule has 1 aromatic rings. The van der Waals surface area contributed by atoms with Crippen LogP contribution < -0.4 is 5.32 Å². The van der Waals surface area contributed by atoms with E-state index in [0.29, 0.717) is 18.4 Å². The molecule has 0 radical (unpaired) electrons. The number of amides is 3. The Kier molecular flexibility index (Phi) is 5.03. The van der Waals surface area contributed by atoms with Crippen LogP contribution in [0.2, 0.25) is 5.02 Å². The highest BCUT2D eigenvalue weighted by Gasteiger charge is 2.49. The van der Waals surface area contributed by atoms with Crippen LogP contribution in [0.25, 0.3) is 0 Å². The van der Waals surface area contributed by atoms with Gasteiger partial charge in [0.15, 0.2) is 0 Å². The lowest BCUT2D eigenvalue weighted by Crippen LogP contribution is -2.41. The van der Waals surface area contributed by atoms with Crippen molar-refractivity contribution in [3.8, 4) is 0 Å². The highest BCUT2D eigenvalue weighted by atomic mass is 35.5. The number of carbonyl (C=O) groups is 2. The number of imide groups is 1. The number of hydrogen-bond acceptors (Lipinski definition) is 3. The molecule has 1 aliphatic rings. The molecule has 0 saturated carbocycles. The number of rotatable bonds is 6. The van der Waals surface area contributed by atoms with Crippen LogP contribution in [0.5, 0.6) is 0 Å². The number of hydrogen-bond donors (Lipinski definition) is 2. The van der Waals surface area contributed by atoms with E-state index < -0.39 is 23.3 Å². The van der Waals surface area contributed by atoms with Gasteiger partial charge in [0.1, 0.15) is 11.4 Å². The topological polar surface area (TPSA) is 69.6 Å². The fraction of sp³-hybridized carbons (Fsp3) is 0.467. The number of aliphatic hydroxyl groups excluding tert-OH is 1. The largest absolute Gasteiger partial charge is 0.396 e. The summed E-state index contributed by atoms with van der Waals surface area (Å²) >= 11 is 6.02. The number of nitrogens with one attached hydrogen (secondary N) is 1. The number of halogens is 2. The lowest BCUT2D eigenvalue weighted by molar-refractivity contribution is -0.131. The average Bonchev–Trinajstić information content (AvgIpc) is 2.66. The molecule has 5 nitrogen and oxygen atoms in total. The molecule has 1 atom stereocenters. The van der Waals surface area contributed by atoms with Gasteiger partial charge >= 0.3 is 6.03 Å². The summed E-state index contributed by atoms with van der Waals surface area (Å²) < 4.78 is 13.2. The first-order valence-corrected chi connectivity index (χ1v) is 7.48. The molecule has 3 amide bonds. The van der Waals surface area contributed by atoms with Gasteiger partial charge in [0.05, 0.1) is 0 Å². The summed E-state index contributed by atoms with van der Waals surface area (Å²) in [5.41, 5.74) is -0.925. The molecule has 1 aliphatic heterocycles. The van der Waals surface area contributed by atoms with Crippen molar-refractivity contribution in [3.05, 3.63) is 34.6 Å². The molecule has 1 saturated heterocycles. The second-order valence-electron chi connectivity index (χ2n) is 5.42. The minimum atomic E-state index is -1.29. The van der Waals surface area contributed by atoms with Crippen LogP contribution in [0.15, 0.2) is 18.2 Å². The Bertz CT molecular complexity index is 596. The Hall–Kier alpha value is -1.66. The third kappa shape index (κ3) is 3.08. The van der Waals surface area contributed by atoms with E-state index in [0.717, 1.165) is 17.4 Å². The van der Waals surface area contributed by atoms with Gasteiger partial charge in [0.25, 0.3) is 5.91 Å². The Balaban J connectivity index is 2.18. The van der Waals surface area contributed by atoms with Gasteiger partial charge in [-0.2, -0.15) is 0 Å². The zero-order chi connectivity index (χ0) is 16.3. The molecule has 2 N–H and O–H groups in total. The third-order valence-corrected chi connectivity index (χ3v) is 4.10. The summed E-state index contributed by atoms with van der Waals surface area (Å²) in [5.74, 6) is -0.912. The zero-order valence-corrected chi connectivity index (χ0v) is 13.0. The van der Waals surface area contributed by atoms with E-state index in [1.165, 1.54) is 12.1 Å². The van der Waals surface area contributed by atoms with Gasteiger partial charge in [-0.05, 0) is 38.3 Å². The minimum Gasteiger partial charge on any atom is -0.396 e. The summed E-state index contributed by atoms with van der Waals surface area (Å²) in [7, 11) is 0. The maximum Gasteiger partial charge on any atom is 0.325 e. The summed E-state index contributed by atoms with van der Waals surface area (Å²) in [6.07, 6.45) is 1.97. The molecule has 0 aromatic heterocycles. The van der Waals surface area contributed by atoms with E-state index in [1.54, 1.807) is 6.92 Å². The smallest absolute Gasteiger partial charge is 0.325 e. The molecular formula is C15H18ClFN2O3. The van der Waals surface area contributed by atoms with Crippen LogP contribution in [-0.2, 0) is 10.3 Å². The van der Waals surface area contributed by atoms with Crippen LogP contribution in [0, 0.1) is 5.82 Å². The molecule has 0 spiro atoms. The molecule has 2 rings (SSSR count). The van der Waals surface area contributed by atoms with Crippen molar-refractivity contribution >= 4 is 23.5 Å². The van der Waals surface area contributed by atoms with Gasteiger partial charge in [0.2, 0.25) is 0 Å². The molecular weight excluding hydrogens is 311 g/mol. The van der Waals surface area contributed by atoms with Gasteiger partial charge in [-0.15, -0.1) is 0 Å². The normalized spacial score (nSPS) is 21.4.